The molecule has 2 aromatic carbocycles. The molecule has 6 heteroatoms. The Morgan fingerprint density at radius 1 is 1.04 bits per heavy atom. The third kappa shape index (κ3) is 4.87. The minimum absolute atomic E-state index is 0.0327. The van der Waals surface area contributed by atoms with Gasteiger partial charge in [-0.15, -0.1) is 11.3 Å². The number of benzene rings is 2. The molecule has 27 heavy (non-hydrogen) atoms. The minimum Gasteiger partial charge on any atom is -0.497 e. The van der Waals surface area contributed by atoms with Gasteiger partial charge in [-0.2, -0.15) is 0 Å². The van der Waals surface area contributed by atoms with Gasteiger partial charge in [0.05, 0.1) is 32.5 Å². The Bertz CT molecular complexity index is 866. The van der Waals surface area contributed by atoms with Gasteiger partial charge in [-0.05, 0) is 29.1 Å². The summed E-state index contributed by atoms with van der Waals surface area (Å²) in [6.07, 6.45) is 0. The number of anilines is 1. The van der Waals surface area contributed by atoms with Crippen LogP contribution < -0.4 is 20.1 Å². The van der Waals surface area contributed by atoms with Crippen LogP contribution in [0.1, 0.15) is 16.5 Å². The third-order valence-corrected chi connectivity index (χ3v) is 5.05. The smallest absolute Gasteiger partial charge is 0.238 e. The predicted molar refractivity (Wildman–Crippen MR) is 109 cm³/mol. The maximum absolute atomic E-state index is 12.5. The van der Waals surface area contributed by atoms with Crippen molar-refractivity contribution in [2.75, 3.05) is 26.1 Å². The molecular weight excluding hydrogens is 360 g/mol. The molecule has 1 amide bonds. The lowest BCUT2D eigenvalue weighted by Gasteiger charge is -2.18. The van der Waals surface area contributed by atoms with Crippen molar-refractivity contribution in [2.24, 2.45) is 0 Å². The van der Waals surface area contributed by atoms with E-state index in [0.29, 0.717) is 17.2 Å². The van der Waals surface area contributed by atoms with E-state index in [1.165, 1.54) is 0 Å². The van der Waals surface area contributed by atoms with Crippen LogP contribution in [-0.4, -0.2) is 26.7 Å². The van der Waals surface area contributed by atoms with Gasteiger partial charge < -0.3 is 14.8 Å². The van der Waals surface area contributed by atoms with Gasteiger partial charge in [-0.1, -0.05) is 36.4 Å². The van der Waals surface area contributed by atoms with Crippen molar-refractivity contribution in [1.82, 2.24) is 5.32 Å². The van der Waals surface area contributed by atoms with Crippen molar-refractivity contribution in [1.29, 1.82) is 0 Å². The lowest BCUT2D eigenvalue weighted by molar-refractivity contribution is -0.115. The van der Waals surface area contributed by atoms with Gasteiger partial charge in [0.15, 0.2) is 0 Å². The van der Waals surface area contributed by atoms with E-state index in [-0.39, 0.29) is 18.5 Å². The zero-order valence-corrected chi connectivity index (χ0v) is 16.1. The Hall–Kier alpha value is -2.83. The van der Waals surface area contributed by atoms with Gasteiger partial charge in [0.1, 0.15) is 11.5 Å². The molecule has 3 aromatic rings. The van der Waals surface area contributed by atoms with Crippen molar-refractivity contribution in [3.8, 4) is 11.5 Å². The summed E-state index contributed by atoms with van der Waals surface area (Å²) in [4.78, 5) is 13.6. The van der Waals surface area contributed by atoms with Gasteiger partial charge in [0, 0.05) is 10.9 Å². The van der Waals surface area contributed by atoms with Crippen LogP contribution in [0.25, 0.3) is 0 Å². The highest BCUT2D eigenvalue weighted by Crippen LogP contribution is 2.29. The van der Waals surface area contributed by atoms with Gasteiger partial charge in [0.25, 0.3) is 0 Å². The van der Waals surface area contributed by atoms with Crippen LogP contribution in [0.15, 0.2) is 66.0 Å². The second-order valence-corrected chi connectivity index (χ2v) is 6.83. The average molecular weight is 382 g/mol. The number of amides is 1. The van der Waals surface area contributed by atoms with Crippen LogP contribution in [0.3, 0.4) is 0 Å². The van der Waals surface area contributed by atoms with Gasteiger partial charge >= 0.3 is 0 Å². The van der Waals surface area contributed by atoms with Crippen LogP contribution in [0.2, 0.25) is 0 Å². The Balaban J connectivity index is 1.68. The van der Waals surface area contributed by atoms with E-state index in [1.807, 2.05) is 29.6 Å². The molecule has 0 aliphatic heterocycles. The van der Waals surface area contributed by atoms with Gasteiger partial charge in [-0.3, -0.25) is 10.1 Å². The summed E-state index contributed by atoms with van der Waals surface area (Å²) in [7, 11) is 3.15. The molecule has 0 aliphatic carbocycles. The van der Waals surface area contributed by atoms with E-state index < -0.39 is 0 Å². The quantitative estimate of drug-likeness (QED) is 0.616. The number of hydrogen-bond acceptors (Lipinski definition) is 5. The van der Waals surface area contributed by atoms with E-state index in [0.717, 1.165) is 10.4 Å². The number of thiophene rings is 1. The zero-order valence-electron chi connectivity index (χ0n) is 15.3. The first kappa shape index (κ1) is 18.9. The van der Waals surface area contributed by atoms with Gasteiger partial charge in [0.2, 0.25) is 5.91 Å². The van der Waals surface area contributed by atoms with Crippen LogP contribution in [0.5, 0.6) is 11.5 Å². The fourth-order valence-electron chi connectivity index (χ4n) is 2.77. The molecule has 0 aliphatic rings. The number of nitrogens with one attached hydrogen (secondary N) is 2. The first-order valence-corrected chi connectivity index (χ1v) is 9.43. The number of carbonyl (C=O) groups excluding carboxylic acids is 1. The topological polar surface area (TPSA) is 59.6 Å². The first-order chi connectivity index (χ1) is 13.2. The maximum atomic E-state index is 12.5. The Morgan fingerprint density at radius 3 is 2.52 bits per heavy atom. The second-order valence-electron chi connectivity index (χ2n) is 5.85. The summed E-state index contributed by atoms with van der Waals surface area (Å²) in [5.41, 5.74) is 1.73. The molecule has 3 rings (SSSR count). The van der Waals surface area contributed by atoms with Crippen LogP contribution >= 0.6 is 11.3 Å². The molecule has 0 bridgehead atoms. The highest BCUT2D eigenvalue weighted by atomic mass is 32.1. The lowest BCUT2D eigenvalue weighted by atomic mass is 10.1. The van der Waals surface area contributed by atoms with E-state index in [9.17, 15) is 4.79 Å². The normalized spacial score (nSPS) is 11.6. The van der Waals surface area contributed by atoms with E-state index in [1.54, 1.807) is 43.8 Å². The molecule has 2 N–H and O–H groups in total. The predicted octanol–water partition coefficient (Wildman–Crippen LogP) is 4.08. The number of ether oxygens (including phenoxy) is 2. The standard InChI is InChI=1S/C21H22N2O3S/c1-25-16-10-11-17(18(13-16)26-2)23-20(24)14-22-21(19-9-6-12-27-19)15-7-4-3-5-8-15/h3-13,21-22H,14H2,1-2H3,(H,23,24)/t21-/m0/s1. The highest BCUT2D eigenvalue weighted by molar-refractivity contribution is 7.10. The molecule has 0 fully saturated rings. The number of carbonyl (C=O) groups is 1. The molecule has 0 radical (unpaired) electrons. The summed E-state index contributed by atoms with van der Waals surface area (Å²) in [6, 6.07) is 19.4. The summed E-state index contributed by atoms with van der Waals surface area (Å²) in [5, 5.41) is 8.27. The zero-order chi connectivity index (χ0) is 19.1. The molecule has 1 aromatic heterocycles. The highest BCUT2D eigenvalue weighted by Gasteiger charge is 2.16. The fourth-order valence-corrected chi connectivity index (χ4v) is 3.60. The summed E-state index contributed by atoms with van der Waals surface area (Å²) >= 11 is 1.66. The van der Waals surface area contributed by atoms with Gasteiger partial charge in [-0.25, -0.2) is 0 Å². The molecule has 1 heterocycles. The largest absolute Gasteiger partial charge is 0.497 e. The summed E-state index contributed by atoms with van der Waals surface area (Å²) in [6.45, 7) is 0.173. The molecule has 5 nitrogen and oxygen atoms in total. The molecule has 0 saturated carbocycles. The molecule has 0 unspecified atom stereocenters. The minimum atomic E-state index is -0.143. The van der Waals surface area contributed by atoms with Crippen molar-refractivity contribution >= 4 is 22.9 Å². The van der Waals surface area contributed by atoms with Crippen molar-refractivity contribution in [2.45, 2.75) is 6.04 Å². The number of rotatable bonds is 8. The second kappa shape index (κ2) is 9.21. The molecule has 0 spiro atoms. The Labute approximate surface area is 162 Å². The molecular formula is C21H22N2O3S. The number of methoxy groups -OCH3 is 2. The van der Waals surface area contributed by atoms with Crippen LogP contribution in [-0.2, 0) is 4.79 Å². The number of hydrogen-bond donors (Lipinski definition) is 2. The van der Waals surface area contributed by atoms with Crippen molar-refractivity contribution in [3.63, 3.8) is 0 Å². The van der Waals surface area contributed by atoms with Crippen LogP contribution in [0.4, 0.5) is 5.69 Å². The molecule has 140 valence electrons. The Kier molecular flexibility index (Phi) is 6.46. The van der Waals surface area contributed by atoms with E-state index in [2.05, 4.69) is 28.8 Å². The van der Waals surface area contributed by atoms with E-state index in [4.69, 9.17) is 9.47 Å². The van der Waals surface area contributed by atoms with Crippen molar-refractivity contribution < 1.29 is 14.3 Å². The molecule has 1 atom stereocenters. The van der Waals surface area contributed by atoms with Crippen molar-refractivity contribution in [3.05, 3.63) is 76.5 Å². The summed E-state index contributed by atoms with van der Waals surface area (Å²) in [5.74, 6) is 1.08. The monoisotopic (exact) mass is 382 g/mol. The average Bonchev–Trinajstić information content (AvgIpc) is 3.24. The SMILES string of the molecule is COc1ccc(NC(=O)CN[C@@H](c2ccccc2)c2cccs2)c(OC)c1. The molecule has 0 saturated heterocycles. The maximum Gasteiger partial charge on any atom is 0.238 e. The van der Waals surface area contributed by atoms with Crippen LogP contribution in [0, 0.1) is 0 Å². The third-order valence-electron chi connectivity index (χ3n) is 4.11. The summed E-state index contributed by atoms with van der Waals surface area (Å²) < 4.78 is 10.5. The fraction of sp³-hybridized carbons (Fsp3) is 0.190. The lowest BCUT2D eigenvalue weighted by Crippen LogP contribution is -2.31. The first-order valence-electron chi connectivity index (χ1n) is 8.55. The van der Waals surface area contributed by atoms with E-state index >= 15 is 0 Å². The Morgan fingerprint density at radius 2 is 1.85 bits per heavy atom.